The van der Waals surface area contributed by atoms with Crippen LogP contribution >= 0.6 is 0 Å². The van der Waals surface area contributed by atoms with Gasteiger partial charge in [0.15, 0.2) is 11.5 Å². The number of carbonyl (C=O) groups excluding carboxylic acids is 2. The molecule has 0 saturated carbocycles. The van der Waals surface area contributed by atoms with Gasteiger partial charge in [0.2, 0.25) is 11.9 Å². The summed E-state index contributed by atoms with van der Waals surface area (Å²) < 4.78 is 13.4. The molecule has 3 heterocycles. The van der Waals surface area contributed by atoms with Crippen LogP contribution in [0.25, 0.3) is 0 Å². The second kappa shape index (κ2) is 8.37. The summed E-state index contributed by atoms with van der Waals surface area (Å²) in [4.78, 5) is 33.1. The van der Waals surface area contributed by atoms with E-state index in [1.54, 1.807) is 4.90 Å². The molecule has 4 N–H and O–H groups in total. The maximum atomic E-state index is 13.4. The van der Waals surface area contributed by atoms with E-state index in [9.17, 15) is 14.0 Å². The highest BCUT2D eigenvalue weighted by Gasteiger charge is 2.23. The van der Waals surface area contributed by atoms with E-state index >= 15 is 0 Å². The molecule has 146 valence electrons. The van der Waals surface area contributed by atoms with Crippen molar-refractivity contribution < 1.29 is 14.0 Å². The van der Waals surface area contributed by atoms with Crippen LogP contribution in [0.3, 0.4) is 0 Å². The number of nitrogens with two attached hydrogens (primary N) is 1. The second-order valence-electron chi connectivity index (χ2n) is 6.19. The number of nitrogens with one attached hydrogen (secondary N) is 2. The number of hydrogen-bond donors (Lipinski definition) is 3. The van der Waals surface area contributed by atoms with Gasteiger partial charge in [0.05, 0.1) is 18.1 Å². The number of rotatable bonds is 6. The summed E-state index contributed by atoms with van der Waals surface area (Å²) in [7, 11) is 0. The van der Waals surface area contributed by atoms with Crippen LogP contribution in [0.5, 0.6) is 0 Å². The minimum atomic E-state index is -0.834. The van der Waals surface area contributed by atoms with Gasteiger partial charge >= 0.3 is 0 Å². The van der Waals surface area contributed by atoms with Crippen molar-refractivity contribution in [3.8, 4) is 0 Å². The van der Waals surface area contributed by atoms with Crippen molar-refractivity contribution in [1.82, 2.24) is 25.1 Å². The van der Waals surface area contributed by atoms with Gasteiger partial charge in [-0.15, -0.1) is 10.2 Å². The monoisotopic (exact) mass is 386 g/mol. The predicted octanol–water partition coefficient (Wildman–Crippen LogP) is 0.837. The highest BCUT2D eigenvalue weighted by molar-refractivity contribution is 5.96. The van der Waals surface area contributed by atoms with Crippen molar-refractivity contribution in [2.24, 2.45) is 5.73 Å². The molecule has 0 radical (unpaired) electrons. The Balaban J connectivity index is 1.79. The van der Waals surface area contributed by atoms with Gasteiger partial charge in [0.25, 0.3) is 5.91 Å². The maximum absolute atomic E-state index is 13.4. The third-order valence-corrected chi connectivity index (χ3v) is 4.13. The van der Waals surface area contributed by atoms with E-state index in [1.165, 1.54) is 18.3 Å². The smallest absolute Gasteiger partial charge is 0.273 e. The Kier molecular flexibility index (Phi) is 5.72. The first kappa shape index (κ1) is 19.1. The third-order valence-electron chi connectivity index (χ3n) is 4.13. The molecule has 1 aliphatic rings. The number of primary amides is 1. The van der Waals surface area contributed by atoms with E-state index in [1.807, 2.05) is 0 Å². The zero-order valence-electron chi connectivity index (χ0n) is 14.9. The van der Waals surface area contributed by atoms with Crippen molar-refractivity contribution in [3.63, 3.8) is 0 Å². The summed E-state index contributed by atoms with van der Waals surface area (Å²) in [6.45, 7) is 4.61. The lowest BCUT2D eigenvalue weighted by atomic mass is 10.1. The van der Waals surface area contributed by atoms with Gasteiger partial charge in [0.1, 0.15) is 5.82 Å². The predicted molar refractivity (Wildman–Crippen MR) is 99.2 cm³/mol. The van der Waals surface area contributed by atoms with Crippen molar-refractivity contribution in [1.29, 1.82) is 0 Å². The molecular weight excluding hydrogens is 367 g/mol. The first-order chi connectivity index (χ1) is 13.5. The Morgan fingerprint density at radius 2 is 2.18 bits per heavy atom. The van der Waals surface area contributed by atoms with Gasteiger partial charge in [0, 0.05) is 25.2 Å². The van der Waals surface area contributed by atoms with Gasteiger partial charge in [-0.25, -0.2) is 4.39 Å². The summed E-state index contributed by atoms with van der Waals surface area (Å²) in [6, 6.07) is 1.09. The summed E-state index contributed by atoms with van der Waals surface area (Å²) in [5.41, 5.74) is 5.39. The fourth-order valence-electron chi connectivity index (χ4n) is 2.86. The topological polar surface area (TPSA) is 139 Å². The van der Waals surface area contributed by atoms with Crippen LogP contribution in [0.15, 0.2) is 31.1 Å². The van der Waals surface area contributed by atoms with E-state index in [0.29, 0.717) is 13.1 Å². The van der Waals surface area contributed by atoms with Crippen LogP contribution in [-0.2, 0) is 4.79 Å². The number of amides is 2. The number of anilines is 3. The molecule has 1 unspecified atom stereocenters. The molecule has 11 heteroatoms. The molecule has 10 nitrogen and oxygen atoms in total. The van der Waals surface area contributed by atoms with Crippen LogP contribution < -0.4 is 16.4 Å². The van der Waals surface area contributed by atoms with Gasteiger partial charge in [-0.3, -0.25) is 14.6 Å². The van der Waals surface area contributed by atoms with Crippen LogP contribution in [0, 0.1) is 5.82 Å². The molecular formula is C17H19FN8O2. The van der Waals surface area contributed by atoms with Gasteiger partial charge in [-0.05, 0) is 18.9 Å². The summed E-state index contributed by atoms with van der Waals surface area (Å²) >= 11 is 0. The van der Waals surface area contributed by atoms with E-state index < -0.39 is 11.7 Å². The summed E-state index contributed by atoms with van der Waals surface area (Å²) in [6.07, 6.45) is 5.30. The van der Waals surface area contributed by atoms with E-state index in [-0.39, 0.29) is 35.1 Å². The number of carbonyl (C=O) groups is 2. The minimum Gasteiger partial charge on any atom is -0.364 e. The maximum Gasteiger partial charge on any atom is 0.273 e. The number of likely N-dealkylation sites (tertiary alicyclic amines) is 1. The Hall–Kier alpha value is -3.63. The number of pyridine rings is 1. The molecule has 2 aromatic heterocycles. The number of aromatic nitrogens is 4. The number of halogens is 1. The lowest BCUT2D eigenvalue weighted by Crippen LogP contribution is -2.44. The summed E-state index contributed by atoms with van der Waals surface area (Å²) in [5, 5.41) is 13.6. The highest BCUT2D eigenvalue weighted by Crippen LogP contribution is 2.20. The second-order valence-corrected chi connectivity index (χ2v) is 6.19. The molecule has 2 amide bonds. The molecule has 1 saturated heterocycles. The number of piperidine rings is 1. The van der Waals surface area contributed by atoms with Crippen molar-refractivity contribution in [2.45, 2.75) is 18.9 Å². The van der Waals surface area contributed by atoms with Crippen LogP contribution in [0.4, 0.5) is 21.8 Å². The van der Waals surface area contributed by atoms with Gasteiger partial charge < -0.3 is 21.3 Å². The average Bonchev–Trinajstić information content (AvgIpc) is 2.67. The molecule has 28 heavy (non-hydrogen) atoms. The minimum absolute atomic E-state index is 0.0206. The Bertz CT molecular complexity index is 906. The largest absolute Gasteiger partial charge is 0.364 e. The van der Waals surface area contributed by atoms with E-state index in [4.69, 9.17) is 5.73 Å². The Labute approximate surface area is 160 Å². The lowest BCUT2D eigenvalue weighted by molar-refractivity contribution is -0.127. The first-order valence-electron chi connectivity index (χ1n) is 8.56. The molecule has 0 aliphatic carbocycles. The third kappa shape index (κ3) is 4.55. The number of hydrogen-bond acceptors (Lipinski definition) is 8. The van der Waals surface area contributed by atoms with Crippen molar-refractivity contribution in [2.75, 3.05) is 23.7 Å². The van der Waals surface area contributed by atoms with Crippen molar-refractivity contribution >= 4 is 29.3 Å². The number of nitrogens with zero attached hydrogens (tertiary/aromatic N) is 5. The zero-order valence-corrected chi connectivity index (χ0v) is 14.9. The fraction of sp³-hybridized carbons (Fsp3) is 0.294. The molecule has 1 fully saturated rings. The van der Waals surface area contributed by atoms with E-state index in [0.717, 1.165) is 19.0 Å². The molecule has 0 spiro atoms. The van der Waals surface area contributed by atoms with Crippen LogP contribution in [0.2, 0.25) is 0 Å². The van der Waals surface area contributed by atoms with E-state index in [2.05, 4.69) is 37.4 Å². The van der Waals surface area contributed by atoms with Crippen LogP contribution in [-0.4, -0.2) is 56.0 Å². The highest BCUT2D eigenvalue weighted by atomic mass is 19.1. The average molecular weight is 386 g/mol. The quantitative estimate of drug-likeness (QED) is 0.621. The van der Waals surface area contributed by atoms with Crippen LogP contribution in [0.1, 0.15) is 23.3 Å². The normalized spacial score (nSPS) is 16.3. The molecule has 3 rings (SSSR count). The molecule has 1 aliphatic heterocycles. The fourth-order valence-corrected chi connectivity index (χ4v) is 2.86. The zero-order chi connectivity index (χ0) is 20.1. The van der Waals surface area contributed by atoms with Gasteiger partial charge in [-0.1, -0.05) is 6.58 Å². The first-order valence-corrected chi connectivity index (χ1v) is 8.56. The molecule has 1 atom stereocenters. The van der Waals surface area contributed by atoms with Gasteiger partial charge in [-0.2, -0.15) is 4.98 Å². The SMILES string of the molecule is C=CC(=O)N1CCCC(Nc2nnc(C(N)=O)c(Nc3cncc(F)c3)n2)C1. The molecule has 0 bridgehead atoms. The molecule has 0 aromatic carbocycles. The van der Waals surface area contributed by atoms with Crippen molar-refractivity contribution in [3.05, 3.63) is 42.6 Å². The summed E-state index contributed by atoms with van der Waals surface area (Å²) in [5.74, 6) is -1.36. The lowest BCUT2D eigenvalue weighted by Gasteiger charge is -2.32. The Morgan fingerprint density at radius 3 is 2.89 bits per heavy atom. The standard InChI is InChI=1S/C17H19FN8O2/c1-2-13(27)26-5-3-4-11(9-26)22-17-23-16(14(15(19)28)24-25-17)21-12-6-10(18)7-20-8-12/h2,6-8,11H,1,3-5,9H2,(H2,19,28)(H2,21,22,23,25). The Morgan fingerprint density at radius 1 is 1.36 bits per heavy atom. The molecule has 2 aromatic rings.